The highest BCUT2D eigenvalue weighted by molar-refractivity contribution is 8.00. The van der Waals surface area contributed by atoms with Gasteiger partial charge in [0.25, 0.3) is 5.91 Å². The molecule has 11 heteroatoms. The molecule has 0 spiro atoms. The molecule has 2 unspecified atom stereocenters. The number of aromatic nitrogens is 3. The van der Waals surface area contributed by atoms with Crippen LogP contribution in [0.4, 0.5) is 5.95 Å². The second-order valence-corrected chi connectivity index (χ2v) is 7.41. The Morgan fingerprint density at radius 3 is 3.12 bits per heavy atom. The molecule has 2 aromatic rings. The van der Waals surface area contributed by atoms with Crippen LogP contribution in [0.5, 0.6) is 0 Å². The van der Waals surface area contributed by atoms with Crippen molar-refractivity contribution in [3.63, 3.8) is 0 Å². The molecule has 136 valence electrons. The number of nitrogens with one attached hydrogen (secondary N) is 1. The lowest BCUT2D eigenvalue weighted by Gasteiger charge is -2.18. The Balaban J connectivity index is 1.87. The Morgan fingerprint density at radius 2 is 2.40 bits per heavy atom. The van der Waals surface area contributed by atoms with E-state index < -0.39 is 11.7 Å². The van der Waals surface area contributed by atoms with Gasteiger partial charge in [0.05, 0.1) is 18.0 Å². The highest BCUT2D eigenvalue weighted by atomic mass is 32.2. The summed E-state index contributed by atoms with van der Waals surface area (Å²) < 4.78 is 7.96. The van der Waals surface area contributed by atoms with Gasteiger partial charge >= 0.3 is 4.87 Å². The summed E-state index contributed by atoms with van der Waals surface area (Å²) >= 11 is 2.39. The molecule has 0 saturated carbocycles. The van der Waals surface area contributed by atoms with Crippen molar-refractivity contribution in [1.82, 2.24) is 19.6 Å². The molecule has 3 rings (SSSR count). The van der Waals surface area contributed by atoms with E-state index in [-0.39, 0.29) is 10.8 Å². The number of anilines is 1. The van der Waals surface area contributed by atoms with Crippen LogP contribution in [0.15, 0.2) is 11.0 Å². The molecule has 3 heterocycles. The molecule has 9 nitrogen and oxygen atoms in total. The zero-order valence-corrected chi connectivity index (χ0v) is 15.7. The summed E-state index contributed by atoms with van der Waals surface area (Å²) in [7, 11) is 2.93. The molecule has 1 saturated heterocycles. The van der Waals surface area contributed by atoms with Crippen molar-refractivity contribution in [1.29, 1.82) is 0 Å². The van der Waals surface area contributed by atoms with E-state index in [9.17, 15) is 9.59 Å². The summed E-state index contributed by atoms with van der Waals surface area (Å²) in [5, 5.41) is 4.22. The molecule has 0 radical (unpaired) electrons. The van der Waals surface area contributed by atoms with Gasteiger partial charge in [0.1, 0.15) is 0 Å². The van der Waals surface area contributed by atoms with Crippen LogP contribution in [-0.4, -0.2) is 57.4 Å². The molecule has 0 bridgehead atoms. The summed E-state index contributed by atoms with van der Waals surface area (Å²) in [5.41, 5.74) is -0.196. The van der Waals surface area contributed by atoms with Gasteiger partial charge in [-0.05, 0) is 6.42 Å². The molecule has 25 heavy (non-hydrogen) atoms. The van der Waals surface area contributed by atoms with Crippen LogP contribution < -0.4 is 10.2 Å². The van der Waals surface area contributed by atoms with E-state index in [1.54, 1.807) is 6.20 Å². The van der Waals surface area contributed by atoms with Crippen LogP contribution in [0.1, 0.15) is 19.6 Å². The summed E-state index contributed by atoms with van der Waals surface area (Å²) in [4.78, 5) is 37.9. The molecule has 1 N–H and O–H groups in total. The van der Waals surface area contributed by atoms with Gasteiger partial charge in [-0.15, -0.1) is 11.8 Å². The number of ether oxygens (including phenoxy) is 1. The van der Waals surface area contributed by atoms with Crippen LogP contribution in [0.3, 0.4) is 0 Å². The minimum Gasteiger partial charge on any atom is -0.354 e. The third kappa shape index (κ3) is 3.64. The lowest BCUT2D eigenvalue weighted by Crippen LogP contribution is -2.34. The number of fused-ring (bicyclic) bond motifs is 1. The minimum atomic E-state index is -0.712. The largest absolute Gasteiger partial charge is 0.354 e. The number of thiazole rings is 1. The molecule has 1 amide bonds. The number of carbonyl (C=O) groups excluding carboxylic acids is 1. The zero-order valence-electron chi connectivity index (χ0n) is 14.1. The molecular formula is C14H19N5O4S2. The van der Waals surface area contributed by atoms with Gasteiger partial charge in [0.15, 0.2) is 17.3 Å². The Labute approximate surface area is 152 Å². The molecular weight excluding hydrogens is 366 g/mol. The van der Waals surface area contributed by atoms with Gasteiger partial charge < -0.3 is 10.1 Å². The molecule has 0 aliphatic carbocycles. The number of hydrogen-bond donors (Lipinski definition) is 1. The van der Waals surface area contributed by atoms with Crippen molar-refractivity contribution in [3.8, 4) is 0 Å². The molecule has 2 atom stereocenters. The number of amides is 1. The fourth-order valence-electron chi connectivity index (χ4n) is 2.31. The van der Waals surface area contributed by atoms with Gasteiger partial charge in [-0.1, -0.05) is 18.3 Å². The maximum absolute atomic E-state index is 12.4. The fraction of sp³-hybridized carbons (Fsp3) is 0.571. The number of rotatable bonds is 6. The van der Waals surface area contributed by atoms with Crippen LogP contribution in [-0.2, 0) is 14.4 Å². The second kappa shape index (κ2) is 7.68. The predicted molar refractivity (Wildman–Crippen MR) is 96.6 cm³/mol. The van der Waals surface area contributed by atoms with E-state index in [0.717, 1.165) is 29.4 Å². The van der Waals surface area contributed by atoms with Gasteiger partial charge in [-0.3, -0.25) is 19.0 Å². The van der Waals surface area contributed by atoms with Crippen molar-refractivity contribution in [2.45, 2.75) is 25.0 Å². The van der Waals surface area contributed by atoms with Gasteiger partial charge in [-0.25, -0.2) is 10.0 Å². The Hall–Kier alpha value is -1.69. The molecule has 2 aromatic heterocycles. The number of hydroxylamine groups is 2. The molecule has 1 aliphatic rings. The lowest BCUT2D eigenvalue weighted by molar-refractivity contribution is -0.177. The Bertz CT molecular complexity index is 823. The van der Waals surface area contributed by atoms with Crippen LogP contribution in [0.25, 0.3) is 10.3 Å². The number of likely N-dealkylation sites (N-methyl/N-ethyl adjacent to an activating group) is 1. The molecule has 1 fully saturated rings. The quantitative estimate of drug-likeness (QED) is 0.743. The van der Waals surface area contributed by atoms with Crippen molar-refractivity contribution >= 4 is 45.3 Å². The van der Waals surface area contributed by atoms with Crippen LogP contribution >= 0.6 is 23.1 Å². The van der Waals surface area contributed by atoms with Crippen LogP contribution in [0.2, 0.25) is 0 Å². The second-order valence-electron chi connectivity index (χ2n) is 5.32. The zero-order chi connectivity index (χ0) is 18.0. The van der Waals surface area contributed by atoms with E-state index in [4.69, 9.17) is 9.57 Å². The smallest absolute Gasteiger partial charge is 0.311 e. The topological polar surface area (TPSA) is 98.6 Å². The average molecular weight is 385 g/mol. The predicted octanol–water partition coefficient (Wildman–Crippen LogP) is 1.28. The first-order chi connectivity index (χ1) is 12.0. The van der Waals surface area contributed by atoms with Gasteiger partial charge in [0, 0.05) is 19.3 Å². The first-order valence-electron chi connectivity index (χ1n) is 7.75. The normalized spacial score (nSPS) is 20.1. The highest BCUT2D eigenvalue weighted by Crippen LogP contribution is 2.34. The van der Waals surface area contributed by atoms with E-state index in [2.05, 4.69) is 15.3 Å². The maximum Gasteiger partial charge on any atom is 0.311 e. The highest BCUT2D eigenvalue weighted by Gasteiger charge is 2.36. The average Bonchev–Trinajstić information content (AvgIpc) is 3.21. The lowest BCUT2D eigenvalue weighted by atomic mass is 10.5. The number of thioether (sulfide) groups is 1. The third-order valence-corrected chi connectivity index (χ3v) is 5.61. The minimum absolute atomic E-state index is 0.185. The Morgan fingerprint density at radius 1 is 1.60 bits per heavy atom. The van der Waals surface area contributed by atoms with E-state index in [1.807, 2.05) is 6.92 Å². The number of hydrogen-bond acceptors (Lipinski definition) is 9. The standard InChI is InChI=1S/C14H19N5O4S2/c1-4-5-15-13-16-6-8-10(17-13)19(14(21)25-8)9-7-24-12(23-9)11(20)18(2)22-3/h6,9,12H,4-5,7H2,1-3H3,(H,15,16,17). The van der Waals surface area contributed by atoms with Crippen molar-refractivity contribution < 1.29 is 14.4 Å². The SMILES string of the molecule is CCCNc1ncc2sc(=O)n(C3CSC(C(=O)N(C)OC)O3)c2n1. The number of nitrogens with zero attached hydrogens (tertiary/aromatic N) is 4. The fourth-order valence-corrected chi connectivity index (χ4v) is 4.20. The summed E-state index contributed by atoms with van der Waals surface area (Å²) in [6, 6.07) is 0. The first-order valence-corrected chi connectivity index (χ1v) is 9.62. The van der Waals surface area contributed by atoms with Crippen LogP contribution in [0, 0.1) is 0 Å². The summed E-state index contributed by atoms with van der Waals surface area (Å²) in [6.45, 7) is 2.79. The van der Waals surface area contributed by atoms with Crippen molar-refractivity contribution in [2.75, 3.05) is 31.8 Å². The molecule has 1 aliphatic heterocycles. The third-order valence-electron chi connectivity index (χ3n) is 3.64. The Kier molecular flexibility index (Phi) is 5.57. The molecule has 0 aromatic carbocycles. The van der Waals surface area contributed by atoms with Crippen molar-refractivity contribution in [3.05, 3.63) is 15.9 Å². The van der Waals surface area contributed by atoms with E-state index in [0.29, 0.717) is 22.0 Å². The summed E-state index contributed by atoms with van der Waals surface area (Å²) in [5.74, 6) is 0.641. The van der Waals surface area contributed by atoms with E-state index >= 15 is 0 Å². The monoisotopic (exact) mass is 385 g/mol. The van der Waals surface area contributed by atoms with Gasteiger partial charge in [0.2, 0.25) is 5.95 Å². The van der Waals surface area contributed by atoms with Crippen molar-refractivity contribution in [2.24, 2.45) is 0 Å². The van der Waals surface area contributed by atoms with Gasteiger partial charge in [-0.2, -0.15) is 4.98 Å². The summed E-state index contributed by atoms with van der Waals surface area (Å²) in [6.07, 6.45) is 2.02. The van der Waals surface area contributed by atoms with E-state index in [1.165, 1.54) is 30.5 Å². The maximum atomic E-state index is 12.4. The first kappa shape index (κ1) is 18.1. The number of carbonyl (C=O) groups is 1.